The molecule has 0 bridgehead atoms. The van der Waals surface area contributed by atoms with Crippen LogP contribution in [0.5, 0.6) is 0 Å². The van der Waals surface area contributed by atoms with Crippen molar-refractivity contribution < 1.29 is 4.79 Å². The summed E-state index contributed by atoms with van der Waals surface area (Å²) in [5.74, 6) is -0.590. The molecule has 0 atom stereocenters. The number of aromatic nitrogens is 4. The van der Waals surface area contributed by atoms with Crippen molar-refractivity contribution in [2.24, 2.45) is 12.8 Å². The number of fused-ring (bicyclic) bond motifs is 1. The van der Waals surface area contributed by atoms with Gasteiger partial charge in [-0.2, -0.15) is 0 Å². The van der Waals surface area contributed by atoms with E-state index in [1.54, 1.807) is 0 Å². The third-order valence-electron chi connectivity index (χ3n) is 2.20. The van der Waals surface area contributed by atoms with Gasteiger partial charge in [0.2, 0.25) is 5.91 Å². The molecule has 0 aliphatic carbocycles. The van der Waals surface area contributed by atoms with Gasteiger partial charge in [0.15, 0.2) is 11.2 Å². The second-order valence-electron chi connectivity index (χ2n) is 3.33. The highest BCUT2D eigenvalue weighted by Gasteiger charge is 2.12. The normalized spacial score (nSPS) is 10.8. The van der Waals surface area contributed by atoms with Gasteiger partial charge >= 0.3 is 5.69 Å². The van der Waals surface area contributed by atoms with Crippen molar-refractivity contribution in [1.29, 1.82) is 0 Å². The molecule has 2 rings (SSSR count). The Balaban J connectivity index is 2.83. The topological polar surface area (TPSA) is 116 Å². The van der Waals surface area contributed by atoms with Gasteiger partial charge in [-0.1, -0.05) is 0 Å². The molecule has 16 heavy (non-hydrogen) atoms. The van der Waals surface area contributed by atoms with Crippen LogP contribution in [0.2, 0.25) is 0 Å². The second-order valence-corrected chi connectivity index (χ2v) is 3.33. The number of amides is 1. The molecular formula is C8H9N5O3. The summed E-state index contributed by atoms with van der Waals surface area (Å²) in [6.45, 7) is -0.155. The number of rotatable bonds is 2. The molecule has 2 heterocycles. The van der Waals surface area contributed by atoms with Crippen molar-refractivity contribution in [1.82, 2.24) is 19.1 Å². The molecule has 0 aromatic carbocycles. The Hall–Kier alpha value is -2.38. The van der Waals surface area contributed by atoms with E-state index in [4.69, 9.17) is 5.73 Å². The first-order valence-corrected chi connectivity index (χ1v) is 4.43. The molecule has 2 aromatic rings. The highest BCUT2D eigenvalue weighted by molar-refractivity contribution is 5.77. The highest BCUT2D eigenvalue weighted by Crippen LogP contribution is 2.03. The zero-order valence-corrected chi connectivity index (χ0v) is 8.43. The number of carbonyl (C=O) groups excluding carboxylic acids is 1. The van der Waals surface area contributed by atoms with Crippen molar-refractivity contribution in [2.45, 2.75) is 6.54 Å². The first kappa shape index (κ1) is 10.1. The molecule has 0 spiro atoms. The summed E-state index contributed by atoms with van der Waals surface area (Å²) in [5, 5.41) is 0. The number of H-pyrrole nitrogens is 1. The lowest BCUT2D eigenvalue weighted by atomic mass is 10.5. The Morgan fingerprint density at radius 2 is 2.25 bits per heavy atom. The number of hydrogen-bond donors (Lipinski definition) is 2. The Morgan fingerprint density at radius 1 is 1.56 bits per heavy atom. The standard InChI is InChI=1S/C8H9N5O3/c1-12-6-5(7(15)11-8(12)16)13(3-10-6)2-4(9)14/h3H,2H2,1H3,(H2,9,14)(H,11,15,16). The molecule has 84 valence electrons. The van der Waals surface area contributed by atoms with Gasteiger partial charge in [0.1, 0.15) is 6.54 Å². The summed E-state index contributed by atoms with van der Waals surface area (Å²) < 4.78 is 2.49. The van der Waals surface area contributed by atoms with E-state index in [1.165, 1.54) is 22.5 Å². The molecular weight excluding hydrogens is 214 g/mol. The van der Waals surface area contributed by atoms with Gasteiger partial charge in [-0.3, -0.25) is 19.1 Å². The maximum absolute atomic E-state index is 11.5. The number of carbonyl (C=O) groups is 1. The van der Waals surface area contributed by atoms with E-state index in [9.17, 15) is 14.4 Å². The molecule has 1 amide bonds. The molecule has 0 aliphatic heterocycles. The molecule has 8 heteroatoms. The second kappa shape index (κ2) is 3.33. The number of aryl methyl sites for hydroxylation is 1. The number of primary amides is 1. The predicted octanol–water partition coefficient (Wildman–Crippen LogP) is -2.09. The van der Waals surface area contributed by atoms with Gasteiger partial charge in [0.05, 0.1) is 6.33 Å². The first-order valence-electron chi connectivity index (χ1n) is 4.43. The summed E-state index contributed by atoms with van der Waals surface area (Å²) in [4.78, 5) is 39.6. The van der Waals surface area contributed by atoms with E-state index in [-0.39, 0.29) is 17.7 Å². The Morgan fingerprint density at radius 3 is 2.88 bits per heavy atom. The van der Waals surface area contributed by atoms with Crippen LogP contribution in [-0.2, 0) is 18.4 Å². The zero-order chi connectivity index (χ0) is 11.9. The number of hydrogen-bond acceptors (Lipinski definition) is 4. The molecule has 0 saturated heterocycles. The van der Waals surface area contributed by atoms with Crippen molar-refractivity contribution in [3.8, 4) is 0 Å². The van der Waals surface area contributed by atoms with E-state index in [0.29, 0.717) is 0 Å². The third-order valence-corrected chi connectivity index (χ3v) is 2.20. The van der Waals surface area contributed by atoms with Crippen molar-refractivity contribution in [2.75, 3.05) is 0 Å². The van der Waals surface area contributed by atoms with E-state index >= 15 is 0 Å². The largest absolute Gasteiger partial charge is 0.368 e. The number of imidazole rings is 1. The molecule has 0 unspecified atom stereocenters. The minimum absolute atomic E-state index is 0.154. The lowest BCUT2D eigenvalue weighted by Gasteiger charge is -2.00. The SMILES string of the molecule is Cn1c(=O)[nH]c(=O)c2c1ncn2CC(N)=O. The van der Waals surface area contributed by atoms with Crippen LogP contribution in [-0.4, -0.2) is 25.0 Å². The van der Waals surface area contributed by atoms with Crippen LogP contribution in [0.25, 0.3) is 11.2 Å². The van der Waals surface area contributed by atoms with Gasteiger partial charge in [-0.15, -0.1) is 0 Å². The molecule has 0 radical (unpaired) electrons. The molecule has 2 aromatic heterocycles. The van der Waals surface area contributed by atoms with Crippen LogP contribution in [0.15, 0.2) is 15.9 Å². The first-order chi connectivity index (χ1) is 7.50. The smallest absolute Gasteiger partial charge is 0.329 e. The fourth-order valence-electron chi connectivity index (χ4n) is 1.47. The fraction of sp³-hybridized carbons (Fsp3) is 0.250. The van der Waals surface area contributed by atoms with E-state index in [2.05, 4.69) is 9.97 Å². The van der Waals surface area contributed by atoms with Crippen LogP contribution < -0.4 is 17.0 Å². The highest BCUT2D eigenvalue weighted by atomic mass is 16.2. The summed E-state index contributed by atoms with van der Waals surface area (Å²) in [7, 11) is 1.47. The summed E-state index contributed by atoms with van der Waals surface area (Å²) in [6, 6.07) is 0. The van der Waals surface area contributed by atoms with Crippen molar-refractivity contribution >= 4 is 17.1 Å². The van der Waals surface area contributed by atoms with Gasteiger partial charge < -0.3 is 10.3 Å². The molecule has 0 fully saturated rings. The average Bonchev–Trinajstić information content (AvgIpc) is 2.58. The Kier molecular flexibility index (Phi) is 2.11. The van der Waals surface area contributed by atoms with Crippen molar-refractivity contribution in [3.05, 3.63) is 27.2 Å². The lowest BCUT2D eigenvalue weighted by molar-refractivity contribution is -0.118. The van der Waals surface area contributed by atoms with Gasteiger partial charge in [0.25, 0.3) is 5.56 Å². The van der Waals surface area contributed by atoms with E-state index < -0.39 is 17.2 Å². The van der Waals surface area contributed by atoms with Crippen LogP contribution in [0, 0.1) is 0 Å². The Labute approximate surface area is 88.3 Å². The van der Waals surface area contributed by atoms with Crippen LogP contribution in [0.4, 0.5) is 0 Å². The van der Waals surface area contributed by atoms with E-state index in [1.807, 2.05) is 0 Å². The number of nitrogens with one attached hydrogen (secondary N) is 1. The van der Waals surface area contributed by atoms with Crippen LogP contribution in [0.3, 0.4) is 0 Å². The zero-order valence-electron chi connectivity index (χ0n) is 8.43. The monoisotopic (exact) mass is 223 g/mol. The molecule has 0 aliphatic rings. The maximum Gasteiger partial charge on any atom is 0.329 e. The van der Waals surface area contributed by atoms with Gasteiger partial charge in [-0.05, 0) is 0 Å². The predicted molar refractivity (Wildman–Crippen MR) is 54.8 cm³/mol. The number of aromatic amines is 1. The quantitative estimate of drug-likeness (QED) is 0.607. The number of nitrogens with two attached hydrogens (primary N) is 1. The molecule has 0 saturated carbocycles. The lowest BCUT2D eigenvalue weighted by Crippen LogP contribution is -2.30. The fourth-order valence-corrected chi connectivity index (χ4v) is 1.47. The minimum atomic E-state index is -0.590. The summed E-state index contributed by atoms with van der Waals surface area (Å²) in [6.07, 6.45) is 1.30. The number of nitrogens with zero attached hydrogens (tertiary/aromatic N) is 3. The molecule has 3 N–H and O–H groups in total. The van der Waals surface area contributed by atoms with Gasteiger partial charge in [0, 0.05) is 7.05 Å². The molecule has 8 nitrogen and oxygen atoms in total. The summed E-state index contributed by atoms with van der Waals surface area (Å²) >= 11 is 0. The van der Waals surface area contributed by atoms with Crippen molar-refractivity contribution in [3.63, 3.8) is 0 Å². The van der Waals surface area contributed by atoms with E-state index in [0.717, 1.165) is 0 Å². The minimum Gasteiger partial charge on any atom is -0.368 e. The average molecular weight is 223 g/mol. The third kappa shape index (κ3) is 1.40. The maximum atomic E-state index is 11.5. The Bertz CT molecular complexity index is 677. The van der Waals surface area contributed by atoms with Crippen LogP contribution >= 0.6 is 0 Å². The van der Waals surface area contributed by atoms with Gasteiger partial charge in [-0.25, -0.2) is 9.78 Å². The summed E-state index contributed by atoms with van der Waals surface area (Å²) in [5.41, 5.74) is 4.26. The van der Waals surface area contributed by atoms with Crippen LogP contribution in [0.1, 0.15) is 0 Å².